The molecule has 0 amide bonds. The highest BCUT2D eigenvalue weighted by Gasteiger charge is 2.27. The first-order chi connectivity index (χ1) is 16.3. The third kappa shape index (κ3) is 3.82. The number of piperazine rings is 1. The van der Waals surface area contributed by atoms with Crippen molar-refractivity contribution in [1.29, 1.82) is 0 Å². The number of benzene rings is 1. The number of nitrogens with zero attached hydrogens (tertiary/aromatic N) is 5. The number of hydrogen-bond donors (Lipinski definition) is 1. The molecule has 4 aromatic rings. The molecule has 2 saturated heterocycles. The molecule has 1 aromatic carbocycles. The smallest absolute Gasteiger partial charge is 0.137 e. The molecule has 0 aliphatic carbocycles. The molecule has 0 radical (unpaired) electrons. The van der Waals surface area contributed by atoms with Crippen LogP contribution in [0.5, 0.6) is 0 Å². The Kier molecular flexibility index (Phi) is 5.19. The Morgan fingerprint density at radius 1 is 0.970 bits per heavy atom. The zero-order valence-corrected chi connectivity index (χ0v) is 18.5. The Labute approximate surface area is 192 Å². The van der Waals surface area contributed by atoms with Gasteiger partial charge in [0, 0.05) is 38.9 Å². The molecule has 6 nitrogen and oxygen atoms in total. The highest BCUT2D eigenvalue weighted by Crippen LogP contribution is 2.37. The number of fused-ring (bicyclic) bond motifs is 1. The van der Waals surface area contributed by atoms with Crippen molar-refractivity contribution in [2.75, 3.05) is 42.5 Å². The number of halogens is 1. The van der Waals surface area contributed by atoms with Crippen LogP contribution in [0, 0.1) is 5.82 Å². The van der Waals surface area contributed by atoms with Crippen molar-refractivity contribution in [2.24, 2.45) is 0 Å². The fraction of sp³-hybridized carbons (Fsp3) is 0.308. The maximum atomic E-state index is 13.9. The maximum Gasteiger partial charge on any atom is 0.137 e. The molecule has 6 rings (SSSR count). The van der Waals surface area contributed by atoms with E-state index in [1.807, 2.05) is 18.3 Å². The number of aromatic nitrogens is 3. The lowest BCUT2D eigenvalue weighted by Gasteiger charge is -2.28. The molecule has 1 atom stereocenters. The van der Waals surface area contributed by atoms with Crippen LogP contribution in [-0.4, -0.2) is 47.1 Å². The lowest BCUT2D eigenvalue weighted by atomic mass is 10.0. The van der Waals surface area contributed by atoms with E-state index in [1.54, 1.807) is 12.1 Å². The second-order valence-electron chi connectivity index (χ2n) is 8.78. The normalized spacial score (nSPS) is 18.9. The maximum absolute atomic E-state index is 13.9. The van der Waals surface area contributed by atoms with Crippen LogP contribution in [0.15, 0.2) is 67.0 Å². The Balaban J connectivity index is 1.36. The molecule has 2 fully saturated rings. The highest BCUT2D eigenvalue weighted by atomic mass is 19.1. The average Bonchev–Trinajstić information content (AvgIpc) is 3.52. The summed E-state index contributed by atoms with van der Waals surface area (Å²) in [5, 5.41) is 3.39. The second-order valence-corrected chi connectivity index (χ2v) is 8.78. The summed E-state index contributed by atoms with van der Waals surface area (Å²) in [6.45, 7) is 4.84. The molecule has 2 aliphatic rings. The first kappa shape index (κ1) is 20.2. The number of nitrogens with one attached hydrogen (secondary N) is 1. The number of anilines is 2. The van der Waals surface area contributed by atoms with E-state index in [-0.39, 0.29) is 11.9 Å². The van der Waals surface area contributed by atoms with Crippen LogP contribution in [0.1, 0.15) is 24.4 Å². The quantitative estimate of drug-likeness (QED) is 0.511. The van der Waals surface area contributed by atoms with E-state index in [1.165, 1.54) is 6.07 Å². The lowest BCUT2D eigenvalue weighted by molar-refractivity contribution is 0.585. The largest absolute Gasteiger partial charge is 0.363 e. The van der Waals surface area contributed by atoms with Crippen LogP contribution < -0.4 is 15.1 Å². The zero-order valence-electron chi connectivity index (χ0n) is 18.5. The Morgan fingerprint density at radius 3 is 2.73 bits per heavy atom. The van der Waals surface area contributed by atoms with Crippen molar-refractivity contribution in [1.82, 2.24) is 19.7 Å². The average molecular weight is 443 g/mol. The van der Waals surface area contributed by atoms with Gasteiger partial charge in [0.15, 0.2) is 0 Å². The second kappa shape index (κ2) is 8.48. The van der Waals surface area contributed by atoms with Crippen LogP contribution in [0.4, 0.5) is 15.9 Å². The first-order valence-electron chi connectivity index (χ1n) is 11.7. The van der Waals surface area contributed by atoms with Gasteiger partial charge in [0.25, 0.3) is 0 Å². The molecule has 168 valence electrons. The van der Waals surface area contributed by atoms with Gasteiger partial charge in [0.2, 0.25) is 0 Å². The predicted molar refractivity (Wildman–Crippen MR) is 129 cm³/mol. The van der Waals surface area contributed by atoms with Crippen molar-refractivity contribution >= 4 is 17.2 Å². The van der Waals surface area contributed by atoms with Crippen LogP contribution in [-0.2, 0) is 0 Å². The highest BCUT2D eigenvalue weighted by molar-refractivity contribution is 5.65. The first-order valence-corrected chi connectivity index (χ1v) is 11.7. The monoisotopic (exact) mass is 442 g/mol. The molecule has 1 N–H and O–H groups in total. The molecule has 7 heteroatoms. The summed E-state index contributed by atoms with van der Waals surface area (Å²) >= 11 is 0. The summed E-state index contributed by atoms with van der Waals surface area (Å²) in [5.41, 5.74) is 4.93. The van der Waals surface area contributed by atoms with Crippen LogP contribution in [0.3, 0.4) is 0 Å². The summed E-state index contributed by atoms with van der Waals surface area (Å²) in [4.78, 5) is 14.3. The SMILES string of the molecule is Fc1cccc(C2CCCN2c2ccc3ncc(-c4cccc(N5CCNCC5)n4)n3c2)c1. The van der Waals surface area contributed by atoms with Gasteiger partial charge in [-0.25, -0.2) is 14.4 Å². The molecule has 0 bridgehead atoms. The number of hydrogen-bond acceptors (Lipinski definition) is 5. The number of imidazole rings is 1. The van der Waals surface area contributed by atoms with Gasteiger partial charge in [-0.3, -0.25) is 4.40 Å². The molecule has 0 saturated carbocycles. The Bertz CT molecular complexity index is 1280. The fourth-order valence-corrected chi connectivity index (χ4v) is 5.10. The zero-order chi connectivity index (χ0) is 22.2. The van der Waals surface area contributed by atoms with Crippen LogP contribution in [0.25, 0.3) is 17.0 Å². The van der Waals surface area contributed by atoms with Crippen molar-refractivity contribution in [3.63, 3.8) is 0 Å². The van der Waals surface area contributed by atoms with Gasteiger partial charge < -0.3 is 15.1 Å². The molecular weight excluding hydrogens is 415 g/mol. The minimum absolute atomic E-state index is 0.179. The van der Waals surface area contributed by atoms with E-state index in [4.69, 9.17) is 4.98 Å². The van der Waals surface area contributed by atoms with Crippen molar-refractivity contribution < 1.29 is 4.39 Å². The minimum Gasteiger partial charge on any atom is -0.363 e. The number of rotatable bonds is 4. The lowest BCUT2D eigenvalue weighted by Crippen LogP contribution is -2.43. The van der Waals surface area contributed by atoms with E-state index >= 15 is 0 Å². The molecule has 5 heterocycles. The molecular formula is C26H27FN6. The van der Waals surface area contributed by atoms with E-state index in [9.17, 15) is 4.39 Å². The molecule has 3 aromatic heterocycles. The van der Waals surface area contributed by atoms with Crippen LogP contribution >= 0.6 is 0 Å². The summed E-state index contributed by atoms with van der Waals surface area (Å²) in [5.74, 6) is 0.827. The van der Waals surface area contributed by atoms with E-state index in [0.29, 0.717) is 0 Å². The van der Waals surface area contributed by atoms with Gasteiger partial charge in [-0.1, -0.05) is 18.2 Å². The van der Waals surface area contributed by atoms with Gasteiger partial charge >= 0.3 is 0 Å². The molecule has 33 heavy (non-hydrogen) atoms. The molecule has 1 unspecified atom stereocenters. The summed E-state index contributed by atoms with van der Waals surface area (Å²) in [7, 11) is 0. The predicted octanol–water partition coefficient (Wildman–Crippen LogP) is 4.29. The minimum atomic E-state index is -0.179. The van der Waals surface area contributed by atoms with Gasteiger partial charge in [-0.05, 0) is 54.8 Å². The standard InChI is InChI=1S/C26H27FN6/c27-20-5-1-4-19(16-20)23-7-3-13-32(23)21-9-10-25-29-17-24(33(25)18-21)22-6-2-8-26(30-22)31-14-11-28-12-15-31/h1-2,4-6,8-10,16-18,23,28H,3,7,11-15H2. The molecule has 0 spiro atoms. The van der Waals surface area contributed by atoms with Crippen molar-refractivity contribution in [3.05, 3.63) is 78.4 Å². The van der Waals surface area contributed by atoms with Gasteiger partial charge in [-0.2, -0.15) is 0 Å². The van der Waals surface area contributed by atoms with E-state index in [0.717, 1.165) is 79.7 Å². The van der Waals surface area contributed by atoms with Crippen LogP contribution in [0.2, 0.25) is 0 Å². The summed E-state index contributed by atoms with van der Waals surface area (Å²) < 4.78 is 16.0. The van der Waals surface area contributed by atoms with Gasteiger partial charge in [0.1, 0.15) is 17.3 Å². The fourth-order valence-electron chi connectivity index (χ4n) is 5.10. The Morgan fingerprint density at radius 2 is 1.85 bits per heavy atom. The third-order valence-corrected chi connectivity index (χ3v) is 6.75. The van der Waals surface area contributed by atoms with Crippen molar-refractivity contribution in [3.8, 4) is 11.4 Å². The van der Waals surface area contributed by atoms with Gasteiger partial charge in [0.05, 0.1) is 29.3 Å². The van der Waals surface area contributed by atoms with E-state index < -0.39 is 0 Å². The van der Waals surface area contributed by atoms with E-state index in [2.05, 4.69) is 55.0 Å². The Hall–Kier alpha value is -3.45. The topological polar surface area (TPSA) is 48.7 Å². The number of pyridine rings is 2. The molecule has 2 aliphatic heterocycles. The van der Waals surface area contributed by atoms with Gasteiger partial charge in [-0.15, -0.1) is 0 Å². The summed E-state index contributed by atoms with van der Waals surface area (Å²) in [6, 6.07) is 17.6. The van der Waals surface area contributed by atoms with Crippen molar-refractivity contribution in [2.45, 2.75) is 18.9 Å². The third-order valence-electron chi connectivity index (χ3n) is 6.75. The summed E-state index contributed by atoms with van der Waals surface area (Å²) in [6.07, 6.45) is 6.16.